The standard InChI is InChI=1S/C17H15NO3S2/c18-15(19)11-1-3-12(4-2-11)16(20)21-14-7-5-13(6-8-14)17-22-9-10-23-17/h1-8,17H,9-10H2,(H2,18,19). The molecule has 2 aromatic rings. The Morgan fingerprint density at radius 1 is 0.913 bits per heavy atom. The number of nitrogens with two attached hydrogens (primary N) is 1. The largest absolute Gasteiger partial charge is 0.423 e. The summed E-state index contributed by atoms with van der Waals surface area (Å²) in [5.74, 6) is 1.87. The molecule has 1 heterocycles. The second-order valence-corrected chi connectivity index (χ2v) is 7.70. The molecule has 23 heavy (non-hydrogen) atoms. The summed E-state index contributed by atoms with van der Waals surface area (Å²) in [5.41, 5.74) is 7.14. The minimum atomic E-state index is -0.525. The molecule has 1 saturated heterocycles. The van der Waals surface area contributed by atoms with E-state index in [0.717, 1.165) is 0 Å². The molecule has 4 nitrogen and oxygen atoms in total. The Balaban J connectivity index is 1.66. The van der Waals surface area contributed by atoms with Gasteiger partial charge in [-0.1, -0.05) is 12.1 Å². The number of carbonyl (C=O) groups excluding carboxylic acids is 2. The third-order valence-corrected chi connectivity index (χ3v) is 6.49. The van der Waals surface area contributed by atoms with Crippen molar-refractivity contribution in [3.05, 3.63) is 65.2 Å². The van der Waals surface area contributed by atoms with E-state index < -0.39 is 11.9 Å². The number of hydrogen-bond donors (Lipinski definition) is 1. The van der Waals surface area contributed by atoms with Gasteiger partial charge in [-0.05, 0) is 42.0 Å². The van der Waals surface area contributed by atoms with Gasteiger partial charge >= 0.3 is 5.97 Å². The normalized spacial score (nSPS) is 14.6. The van der Waals surface area contributed by atoms with Gasteiger partial charge in [0.1, 0.15) is 5.75 Å². The predicted octanol–water partition coefficient (Wildman–Crippen LogP) is 3.48. The van der Waals surface area contributed by atoms with Crippen LogP contribution in [-0.4, -0.2) is 23.4 Å². The van der Waals surface area contributed by atoms with Crippen molar-refractivity contribution < 1.29 is 14.3 Å². The fourth-order valence-corrected chi connectivity index (χ4v) is 5.04. The van der Waals surface area contributed by atoms with E-state index in [4.69, 9.17) is 10.5 Å². The molecule has 0 unspecified atom stereocenters. The van der Waals surface area contributed by atoms with Crippen LogP contribution in [0.15, 0.2) is 48.5 Å². The fraction of sp³-hybridized carbons (Fsp3) is 0.176. The van der Waals surface area contributed by atoms with Gasteiger partial charge in [0.25, 0.3) is 0 Å². The fourth-order valence-electron chi connectivity index (χ4n) is 2.18. The summed E-state index contributed by atoms with van der Waals surface area (Å²) in [4.78, 5) is 23.1. The van der Waals surface area contributed by atoms with Gasteiger partial charge < -0.3 is 10.5 Å². The highest BCUT2D eigenvalue weighted by atomic mass is 32.2. The summed E-state index contributed by atoms with van der Waals surface area (Å²) in [7, 11) is 0. The lowest BCUT2D eigenvalue weighted by Gasteiger charge is -2.09. The molecule has 0 aromatic heterocycles. The van der Waals surface area contributed by atoms with E-state index in [2.05, 4.69) is 0 Å². The van der Waals surface area contributed by atoms with Crippen LogP contribution < -0.4 is 10.5 Å². The van der Waals surface area contributed by atoms with E-state index in [1.165, 1.54) is 41.3 Å². The first-order valence-electron chi connectivity index (χ1n) is 7.09. The molecule has 2 N–H and O–H groups in total. The van der Waals surface area contributed by atoms with Crippen molar-refractivity contribution in [3.63, 3.8) is 0 Å². The molecule has 6 heteroatoms. The van der Waals surface area contributed by atoms with Gasteiger partial charge in [0.2, 0.25) is 5.91 Å². The van der Waals surface area contributed by atoms with E-state index in [1.807, 2.05) is 47.8 Å². The average Bonchev–Trinajstić information content (AvgIpc) is 3.10. The lowest BCUT2D eigenvalue weighted by atomic mass is 10.1. The molecule has 2 aromatic carbocycles. The predicted molar refractivity (Wildman–Crippen MR) is 94.0 cm³/mol. The summed E-state index contributed by atoms with van der Waals surface area (Å²) < 4.78 is 5.82. The summed E-state index contributed by atoms with van der Waals surface area (Å²) in [6, 6.07) is 13.7. The maximum atomic E-state index is 12.1. The molecule has 1 amide bonds. The van der Waals surface area contributed by atoms with Crippen molar-refractivity contribution in [3.8, 4) is 5.75 Å². The van der Waals surface area contributed by atoms with Crippen LogP contribution >= 0.6 is 23.5 Å². The molecule has 0 bridgehead atoms. The van der Waals surface area contributed by atoms with Crippen molar-refractivity contribution in [1.29, 1.82) is 0 Å². The third-order valence-electron chi connectivity index (χ3n) is 3.39. The third kappa shape index (κ3) is 3.89. The Morgan fingerprint density at radius 2 is 1.48 bits per heavy atom. The van der Waals surface area contributed by atoms with E-state index in [9.17, 15) is 9.59 Å². The quantitative estimate of drug-likeness (QED) is 0.678. The Bertz CT molecular complexity index is 708. The number of hydrogen-bond acceptors (Lipinski definition) is 5. The molecule has 1 aliphatic rings. The van der Waals surface area contributed by atoms with Crippen LogP contribution in [0.25, 0.3) is 0 Å². The van der Waals surface area contributed by atoms with Crippen LogP contribution in [0.4, 0.5) is 0 Å². The molecule has 1 aliphatic heterocycles. The Morgan fingerprint density at radius 3 is 2.04 bits per heavy atom. The number of esters is 1. The molecule has 0 atom stereocenters. The highest BCUT2D eigenvalue weighted by Gasteiger charge is 2.18. The lowest BCUT2D eigenvalue weighted by Crippen LogP contribution is -2.12. The molecule has 118 valence electrons. The first-order chi connectivity index (χ1) is 11.1. The smallest absolute Gasteiger partial charge is 0.343 e. The zero-order valence-corrected chi connectivity index (χ0v) is 13.9. The minimum absolute atomic E-state index is 0.359. The first-order valence-corrected chi connectivity index (χ1v) is 9.18. The van der Waals surface area contributed by atoms with Gasteiger partial charge in [0, 0.05) is 17.1 Å². The highest BCUT2D eigenvalue weighted by molar-refractivity contribution is 8.19. The number of carbonyl (C=O) groups is 2. The van der Waals surface area contributed by atoms with Crippen LogP contribution in [0.5, 0.6) is 5.75 Å². The summed E-state index contributed by atoms with van der Waals surface area (Å²) in [6.07, 6.45) is 0. The second-order valence-electron chi connectivity index (χ2n) is 4.97. The SMILES string of the molecule is NC(=O)c1ccc(C(=O)Oc2ccc(C3SCCS3)cc2)cc1. The Kier molecular flexibility index (Phi) is 4.93. The number of rotatable bonds is 4. The minimum Gasteiger partial charge on any atom is -0.423 e. The van der Waals surface area contributed by atoms with Crippen LogP contribution in [-0.2, 0) is 0 Å². The van der Waals surface area contributed by atoms with Gasteiger partial charge in [0.05, 0.1) is 10.1 Å². The van der Waals surface area contributed by atoms with Crippen molar-refractivity contribution in [1.82, 2.24) is 0 Å². The zero-order chi connectivity index (χ0) is 16.2. The number of benzene rings is 2. The van der Waals surface area contributed by atoms with Crippen molar-refractivity contribution in [2.45, 2.75) is 4.58 Å². The number of thioether (sulfide) groups is 2. The van der Waals surface area contributed by atoms with Gasteiger partial charge in [0.15, 0.2) is 0 Å². The van der Waals surface area contributed by atoms with Gasteiger partial charge in [-0.15, -0.1) is 23.5 Å². The van der Waals surface area contributed by atoms with Crippen LogP contribution in [0.3, 0.4) is 0 Å². The van der Waals surface area contributed by atoms with Crippen LogP contribution in [0.1, 0.15) is 30.9 Å². The van der Waals surface area contributed by atoms with Gasteiger partial charge in [-0.25, -0.2) is 4.79 Å². The molecule has 0 saturated carbocycles. The number of ether oxygens (including phenoxy) is 1. The number of amides is 1. The Labute approximate surface area is 142 Å². The molecule has 0 spiro atoms. The van der Waals surface area contributed by atoms with E-state index >= 15 is 0 Å². The van der Waals surface area contributed by atoms with Crippen molar-refractivity contribution in [2.24, 2.45) is 5.73 Å². The topological polar surface area (TPSA) is 69.4 Å². The second kappa shape index (κ2) is 7.10. The van der Waals surface area contributed by atoms with Crippen LogP contribution in [0.2, 0.25) is 0 Å². The maximum Gasteiger partial charge on any atom is 0.343 e. The maximum absolute atomic E-state index is 12.1. The first kappa shape index (κ1) is 16.0. The molecule has 1 fully saturated rings. The van der Waals surface area contributed by atoms with Crippen molar-refractivity contribution >= 4 is 35.4 Å². The molecular weight excluding hydrogens is 330 g/mol. The molecule has 0 radical (unpaired) electrons. The zero-order valence-electron chi connectivity index (χ0n) is 12.2. The van der Waals surface area contributed by atoms with E-state index in [-0.39, 0.29) is 0 Å². The average molecular weight is 345 g/mol. The summed E-state index contributed by atoms with van der Waals surface area (Å²) in [5, 5.41) is 0. The molecule has 0 aliphatic carbocycles. The highest BCUT2D eigenvalue weighted by Crippen LogP contribution is 2.45. The Hall–Kier alpha value is -1.92. The van der Waals surface area contributed by atoms with Gasteiger partial charge in [-0.3, -0.25) is 4.79 Å². The van der Waals surface area contributed by atoms with Crippen LogP contribution in [0, 0.1) is 0 Å². The summed E-state index contributed by atoms with van der Waals surface area (Å²) >= 11 is 3.87. The molecular formula is C17H15NO3S2. The monoisotopic (exact) mass is 345 g/mol. The van der Waals surface area contributed by atoms with E-state index in [1.54, 1.807) is 0 Å². The lowest BCUT2D eigenvalue weighted by molar-refractivity contribution is 0.0734. The van der Waals surface area contributed by atoms with E-state index in [0.29, 0.717) is 21.5 Å². The summed E-state index contributed by atoms with van der Waals surface area (Å²) in [6.45, 7) is 0. The van der Waals surface area contributed by atoms with Gasteiger partial charge in [-0.2, -0.15) is 0 Å². The van der Waals surface area contributed by atoms with Crippen molar-refractivity contribution in [2.75, 3.05) is 11.5 Å². The number of primary amides is 1. The molecule has 3 rings (SSSR count).